The highest BCUT2D eigenvalue weighted by Gasteiger charge is 2.27. The van der Waals surface area contributed by atoms with E-state index in [4.69, 9.17) is 4.74 Å². The number of methoxy groups -OCH3 is 1. The minimum Gasteiger partial charge on any atom is -0.497 e. The molecule has 1 fully saturated rings. The van der Waals surface area contributed by atoms with E-state index in [9.17, 15) is 10.1 Å². The lowest BCUT2D eigenvalue weighted by Crippen LogP contribution is -2.48. The first-order valence-corrected chi connectivity index (χ1v) is 13.9. The molecule has 1 amide bonds. The number of nitrogens with one attached hydrogen (secondary N) is 1. The van der Waals surface area contributed by atoms with Gasteiger partial charge in [-0.2, -0.15) is 5.26 Å². The molecule has 4 rings (SSSR count). The maximum atomic E-state index is 12.8. The third-order valence-electron chi connectivity index (χ3n) is 7.93. The Hall–Kier alpha value is -3.82. The van der Waals surface area contributed by atoms with E-state index in [1.54, 1.807) is 7.11 Å². The highest BCUT2D eigenvalue weighted by Crippen LogP contribution is 2.28. The van der Waals surface area contributed by atoms with Gasteiger partial charge in [0, 0.05) is 49.5 Å². The fourth-order valence-corrected chi connectivity index (χ4v) is 5.62. The normalized spacial score (nSPS) is 14.8. The van der Waals surface area contributed by atoms with Crippen molar-refractivity contribution in [2.45, 2.75) is 58.7 Å². The van der Waals surface area contributed by atoms with Gasteiger partial charge in [0.1, 0.15) is 5.75 Å². The summed E-state index contributed by atoms with van der Waals surface area (Å²) in [5.74, 6) is 0.866. The van der Waals surface area contributed by atoms with Gasteiger partial charge in [-0.3, -0.25) is 4.79 Å². The van der Waals surface area contributed by atoms with Crippen LogP contribution < -0.4 is 15.0 Å². The van der Waals surface area contributed by atoms with Gasteiger partial charge in [0.05, 0.1) is 18.7 Å². The third kappa shape index (κ3) is 7.19. The zero-order valence-electron chi connectivity index (χ0n) is 23.6. The van der Waals surface area contributed by atoms with Gasteiger partial charge >= 0.3 is 0 Å². The molecule has 204 valence electrons. The molecular formula is C33H40N4O2. The maximum absolute atomic E-state index is 12.8. The van der Waals surface area contributed by atoms with Gasteiger partial charge in [0.2, 0.25) is 0 Å². The van der Waals surface area contributed by atoms with Crippen molar-refractivity contribution in [1.82, 2.24) is 10.2 Å². The molecule has 1 aliphatic rings. The number of nitriles is 1. The summed E-state index contributed by atoms with van der Waals surface area (Å²) in [7, 11) is 1.69. The molecule has 0 spiro atoms. The van der Waals surface area contributed by atoms with Crippen molar-refractivity contribution in [3.8, 4) is 11.8 Å². The average Bonchev–Trinajstić information content (AvgIpc) is 2.96. The van der Waals surface area contributed by atoms with Gasteiger partial charge < -0.3 is 19.9 Å². The highest BCUT2D eigenvalue weighted by molar-refractivity contribution is 5.97. The first kappa shape index (κ1) is 28.2. The molecule has 0 radical (unpaired) electrons. The average molecular weight is 525 g/mol. The second kappa shape index (κ2) is 13.3. The lowest BCUT2D eigenvalue weighted by atomic mass is 9.99. The van der Waals surface area contributed by atoms with E-state index in [0.717, 1.165) is 66.9 Å². The number of piperidine rings is 1. The molecule has 0 saturated carbocycles. The van der Waals surface area contributed by atoms with Crippen LogP contribution in [0.25, 0.3) is 0 Å². The fraction of sp³-hybridized carbons (Fsp3) is 0.394. The Labute approximate surface area is 233 Å². The number of nitrogens with zero attached hydrogens (tertiary/aromatic N) is 3. The second-order valence-electron chi connectivity index (χ2n) is 10.6. The number of hydrogen-bond donors (Lipinski definition) is 1. The molecule has 1 heterocycles. The summed E-state index contributed by atoms with van der Waals surface area (Å²) in [5.41, 5.74) is 5.83. The van der Waals surface area contributed by atoms with Crippen LogP contribution in [0, 0.1) is 25.2 Å². The molecule has 6 nitrogen and oxygen atoms in total. The van der Waals surface area contributed by atoms with Crippen LogP contribution in [0.5, 0.6) is 5.75 Å². The van der Waals surface area contributed by atoms with Crippen molar-refractivity contribution in [3.05, 3.63) is 94.5 Å². The maximum Gasteiger partial charge on any atom is 0.251 e. The van der Waals surface area contributed by atoms with E-state index in [2.05, 4.69) is 46.3 Å². The summed E-state index contributed by atoms with van der Waals surface area (Å²) in [6, 6.07) is 25.2. The number of rotatable bonds is 10. The number of carbonyl (C=O) groups excluding carboxylic acids is 1. The molecule has 3 aromatic rings. The van der Waals surface area contributed by atoms with Gasteiger partial charge in [-0.25, -0.2) is 0 Å². The van der Waals surface area contributed by atoms with Gasteiger partial charge in [0.15, 0.2) is 0 Å². The van der Waals surface area contributed by atoms with E-state index in [1.165, 1.54) is 5.69 Å². The van der Waals surface area contributed by atoms with E-state index in [1.807, 2.05) is 62.4 Å². The van der Waals surface area contributed by atoms with Crippen LogP contribution in [0.3, 0.4) is 0 Å². The van der Waals surface area contributed by atoms with Crippen LogP contribution >= 0.6 is 0 Å². The lowest BCUT2D eigenvalue weighted by molar-refractivity contribution is 0.0944. The molecule has 1 saturated heterocycles. The monoisotopic (exact) mass is 524 g/mol. The Morgan fingerprint density at radius 2 is 1.74 bits per heavy atom. The molecule has 0 aliphatic carbocycles. The quantitative estimate of drug-likeness (QED) is 0.360. The number of carbonyl (C=O) groups is 1. The summed E-state index contributed by atoms with van der Waals surface area (Å²) in [6.07, 6.45) is 3.04. The number of anilines is 1. The number of amides is 1. The van der Waals surface area contributed by atoms with Crippen molar-refractivity contribution < 1.29 is 9.53 Å². The number of hydrogen-bond acceptors (Lipinski definition) is 5. The molecule has 1 N–H and O–H groups in total. The Kier molecular flexibility index (Phi) is 9.62. The standard InChI is InChI=1S/C33H40N4O2/c1-24-7-5-8-25(2)32(24)33(38)35-18-15-26(3)36-19-16-30(17-20-36)37(29-11-13-31(39-4)14-12-29)23-28-10-6-9-27(21-28)22-34/h5-14,21,26,30H,15-20,23H2,1-4H3,(H,35,38). The smallest absolute Gasteiger partial charge is 0.251 e. The lowest BCUT2D eigenvalue weighted by Gasteiger charge is -2.42. The van der Waals surface area contributed by atoms with Gasteiger partial charge in [-0.15, -0.1) is 0 Å². The van der Waals surface area contributed by atoms with Gasteiger partial charge in [-0.05, 0) is 93.1 Å². The van der Waals surface area contributed by atoms with E-state index in [0.29, 0.717) is 24.2 Å². The van der Waals surface area contributed by atoms with Crippen LogP contribution in [0.2, 0.25) is 0 Å². The number of aryl methyl sites for hydroxylation is 2. The largest absolute Gasteiger partial charge is 0.497 e. The van der Waals surface area contributed by atoms with E-state index in [-0.39, 0.29) is 5.91 Å². The predicted molar refractivity (Wildman–Crippen MR) is 157 cm³/mol. The minimum atomic E-state index is 0.0205. The zero-order chi connectivity index (χ0) is 27.8. The first-order valence-electron chi connectivity index (χ1n) is 13.9. The van der Waals surface area contributed by atoms with E-state index < -0.39 is 0 Å². The van der Waals surface area contributed by atoms with Crippen LogP contribution in [-0.2, 0) is 6.54 Å². The highest BCUT2D eigenvalue weighted by atomic mass is 16.5. The van der Waals surface area contributed by atoms with E-state index >= 15 is 0 Å². The molecule has 1 aliphatic heterocycles. The summed E-state index contributed by atoms with van der Waals surface area (Å²) in [4.78, 5) is 17.8. The molecule has 6 heteroatoms. The Morgan fingerprint density at radius 3 is 2.38 bits per heavy atom. The molecule has 3 aromatic carbocycles. The van der Waals surface area contributed by atoms with Crippen LogP contribution in [-0.4, -0.2) is 49.6 Å². The molecule has 0 bridgehead atoms. The van der Waals surface area contributed by atoms with Crippen molar-refractivity contribution in [1.29, 1.82) is 5.26 Å². The summed E-state index contributed by atoms with van der Waals surface area (Å²) >= 11 is 0. The van der Waals surface area contributed by atoms with Crippen LogP contribution in [0.15, 0.2) is 66.7 Å². The van der Waals surface area contributed by atoms with Crippen LogP contribution in [0.4, 0.5) is 5.69 Å². The molecule has 0 aromatic heterocycles. The zero-order valence-corrected chi connectivity index (χ0v) is 23.6. The second-order valence-corrected chi connectivity index (χ2v) is 10.6. The van der Waals surface area contributed by atoms with Crippen molar-refractivity contribution in [3.63, 3.8) is 0 Å². The summed E-state index contributed by atoms with van der Waals surface area (Å²) < 4.78 is 5.38. The molecule has 1 unspecified atom stereocenters. The predicted octanol–water partition coefficient (Wildman–Crippen LogP) is 5.86. The molecular weight excluding hydrogens is 484 g/mol. The Balaban J connectivity index is 1.35. The SMILES string of the molecule is COc1ccc(N(Cc2cccc(C#N)c2)C2CCN(C(C)CCNC(=O)c3c(C)cccc3C)CC2)cc1. The first-order chi connectivity index (χ1) is 18.9. The van der Waals surface area contributed by atoms with Crippen molar-refractivity contribution in [2.24, 2.45) is 0 Å². The molecule has 1 atom stereocenters. The number of likely N-dealkylation sites (tertiary alicyclic amines) is 1. The third-order valence-corrected chi connectivity index (χ3v) is 7.93. The summed E-state index contributed by atoms with van der Waals surface area (Å²) in [5, 5.41) is 12.5. The Morgan fingerprint density at radius 1 is 1.08 bits per heavy atom. The number of ether oxygens (including phenoxy) is 1. The minimum absolute atomic E-state index is 0.0205. The molecule has 39 heavy (non-hydrogen) atoms. The Bertz CT molecular complexity index is 1270. The summed E-state index contributed by atoms with van der Waals surface area (Å²) in [6.45, 7) is 9.70. The number of benzene rings is 3. The van der Waals surface area contributed by atoms with Crippen molar-refractivity contribution >= 4 is 11.6 Å². The fourth-order valence-electron chi connectivity index (χ4n) is 5.62. The van der Waals surface area contributed by atoms with Gasteiger partial charge in [-0.1, -0.05) is 30.3 Å². The van der Waals surface area contributed by atoms with Crippen molar-refractivity contribution in [2.75, 3.05) is 31.6 Å². The van der Waals surface area contributed by atoms with Crippen LogP contribution in [0.1, 0.15) is 58.8 Å². The van der Waals surface area contributed by atoms with Gasteiger partial charge in [0.25, 0.3) is 5.91 Å². The topological polar surface area (TPSA) is 68.6 Å².